The van der Waals surface area contributed by atoms with Crippen molar-refractivity contribution in [3.63, 3.8) is 0 Å². The maximum atomic E-state index is 11.2. The molecule has 1 aromatic heterocycles. The molecule has 1 fully saturated rings. The van der Waals surface area contributed by atoms with Crippen LogP contribution in [0.25, 0.3) is 10.2 Å². The quantitative estimate of drug-likeness (QED) is 0.815. The third-order valence-corrected chi connectivity index (χ3v) is 4.65. The number of nitrogen functional groups attached to an aromatic ring is 1. The van der Waals surface area contributed by atoms with E-state index in [0.29, 0.717) is 0 Å². The molecule has 5 nitrogen and oxygen atoms in total. The van der Waals surface area contributed by atoms with Crippen molar-refractivity contribution in [3.05, 3.63) is 18.2 Å². The number of carbonyl (C=O) groups is 1. The molecule has 1 saturated heterocycles. The molecule has 6 heteroatoms. The zero-order valence-corrected chi connectivity index (χ0v) is 11.3. The van der Waals surface area contributed by atoms with Crippen molar-refractivity contribution in [2.75, 3.05) is 23.7 Å². The van der Waals surface area contributed by atoms with Gasteiger partial charge in [-0.2, -0.15) is 0 Å². The predicted octanol–water partition coefficient (Wildman–Crippen LogP) is 1.58. The molecule has 1 aliphatic rings. The van der Waals surface area contributed by atoms with Crippen LogP contribution in [0.2, 0.25) is 0 Å². The van der Waals surface area contributed by atoms with Crippen molar-refractivity contribution < 1.29 is 4.79 Å². The van der Waals surface area contributed by atoms with Crippen LogP contribution in [0.5, 0.6) is 0 Å². The molecule has 0 bridgehead atoms. The Morgan fingerprint density at radius 2 is 2.11 bits per heavy atom. The van der Waals surface area contributed by atoms with Crippen molar-refractivity contribution in [1.82, 2.24) is 4.98 Å². The van der Waals surface area contributed by atoms with E-state index in [1.165, 1.54) is 0 Å². The Bertz CT molecular complexity index is 616. The second-order valence-electron chi connectivity index (χ2n) is 4.89. The molecule has 0 atom stereocenters. The van der Waals surface area contributed by atoms with Crippen LogP contribution >= 0.6 is 11.3 Å². The first kappa shape index (κ1) is 12.2. The first-order chi connectivity index (χ1) is 9.13. The molecular formula is C13H16N4OS. The highest BCUT2D eigenvalue weighted by molar-refractivity contribution is 7.22. The van der Waals surface area contributed by atoms with Gasteiger partial charge in [0.1, 0.15) is 0 Å². The molecule has 0 saturated carbocycles. The minimum absolute atomic E-state index is 0.0151. The van der Waals surface area contributed by atoms with Crippen LogP contribution in [0.15, 0.2) is 18.2 Å². The zero-order chi connectivity index (χ0) is 13.4. The summed E-state index contributed by atoms with van der Waals surface area (Å²) < 4.78 is 1.10. The number of primary amides is 1. The average Bonchev–Trinajstić information content (AvgIpc) is 2.81. The minimum Gasteiger partial charge on any atom is -0.399 e. The van der Waals surface area contributed by atoms with E-state index in [4.69, 9.17) is 11.5 Å². The number of aromatic nitrogens is 1. The number of fused-ring (bicyclic) bond motifs is 1. The van der Waals surface area contributed by atoms with Crippen molar-refractivity contribution in [2.45, 2.75) is 12.8 Å². The van der Waals surface area contributed by atoms with Crippen molar-refractivity contribution in [1.29, 1.82) is 0 Å². The summed E-state index contributed by atoms with van der Waals surface area (Å²) in [6.45, 7) is 1.67. The molecule has 19 heavy (non-hydrogen) atoms. The highest BCUT2D eigenvalue weighted by Crippen LogP contribution is 2.32. The Balaban J connectivity index is 1.80. The van der Waals surface area contributed by atoms with Gasteiger partial charge in [-0.3, -0.25) is 4.79 Å². The molecule has 100 valence electrons. The van der Waals surface area contributed by atoms with E-state index in [1.54, 1.807) is 11.3 Å². The molecular weight excluding hydrogens is 260 g/mol. The predicted molar refractivity (Wildman–Crippen MR) is 78.2 cm³/mol. The molecule has 1 aliphatic heterocycles. The summed E-state index contributed by atoms with van der Waals surface area (Å²) in [6, 6.07) is 5.76. The van der Waals surface area contributed by atoms with Gasteiger partial charge in [-0.25, -0.2) is 4.98 Å². The van der Waals surface area contributed by atoms with Crippen molar-refractivity contribution in [2.24, 2.45) is 11.7 Å². The van der Waals surface area contributed by atoms with Gasteiger partial charge < -0.3 is 16.4 Å². The summed E-state index contributed by atoms with van der Waals surface area (Å²) in [4.78, 5) is 18.0. The molecule has 0 spiro atoms. The van der Waals surface area contributed by atoms with Crippen LogP contribution < -0.4 is 16.4 Å². The van der Waals surface area contributed by atoms with E-state index in [1.807, 2.05) is 18.2 Å². The Kier molecular flexibility index (Phi) is 3.02. The van der Waals surface area contributed by atoms with E-state index < -0.39 is 0 Å². The van der Waals surface area contributed by atoms with E-state index in [9.17, 15) is 4.79 Å². The summed E-state index contributed by atoms with van der Waals surface area (Å²) in [6.07, 6.45) is 1.63. The highest BCUT2D eigenvalue weighted by Gasteiger charge is 2.24. The third kappa shape index (κ3) is 2.35. The third-order valence-electron chi connectivity index (χ3n) is 3.57. The van der Waals surface area contributed by atoms with Gasteiger partial charge >= 0.3 is 0 Å². The number of piperidine rings is 1. The lowest BCUT2D eigenvalue weighted by atomic mass is 9.97. The number of amides is 1. The summed E-state index contributed by atoms with van der Waals surface area (Å²) in [7, 11) is 0. The van der Waals surface area contributed by atoms with Crippen molar-refractivity contribution in [3.8, 4) is 0 Å². The number of nitrogens with two attached hydrogens (primary N) is 2. The molecule has 1 aromatic carbocycles. The van der Waals surface area contributed by atoms with Gasteiger partial charge in [0.05, 0.1) is 10.2 Å². The van der Waals surface area contributed by atoms with Crippen LogP contribution in [0.3, 0.4) is 0 Å². The van der Waals surface area contributed by atoms with Gasteiger partial charge in [0.15, 0.2) is 5.13 Å². The molecule has 2 heterocycles. The molecule has 1 amide bonds. The zero-order valence-electron chi connectivity index (χ0n) is 10.5. The number of carbonyl (C=O) groups excluding carboxylic acids is 1. The lowest BCUT2D eigenvalue weighted by Gasteiger charge is -2.30. The van der Waals surface area contributed by atoms with Gasteiger partial charge in [0.25, 0.3) is 0 Å². The topological polar surface area (TPSA) is 85.2 Å². The summed E-state index contributed by atoms with van der Waals surface area (Å²) in [5.41, 5.74) is 12.9. The van der Waals surface area contributed by atoms with E-state index in [0.717, 1.165) is 47.0 Å². The molecule has 0 radical (unpaired) electrons. The fourth-order valence-corrected chi connectivity index (χ4v) is 3.49. The van der Waals surface area contributed by atoms with Crippen LogP contribution in [0.1, 0.15) is 12.8 Å². The number of thiazole rings is 1. The Morgan fingerprint density at radius 1 is 1.37 bits per heavy atom. The summed E-state index contributed by atoms with van der Waals surface area (Å²) in [5.74, 6) is -0.169. The lowest BCUT2D eigenvalue weighted by molar-refractivity contribution is -0.122. The Labute approximate surface area is 115 Å². The number of anilines is 2. The maximum absolute atomic E-state index is 11.2. The first-order valence-corrected chi connectivity index (χ1v) is 7.15. The standard InChI is InChI=1S/C13H16N4OS/c14-9-1-2-10-11(7-9)19-13(16-10)17-5-3-8(4-6-17)12(15)18/h1-2,7-8H,3-6,14H2,(H2,15,18). The normalized spacial score (nSPS) is 16.9. The van der Waals surface area contributed by atoms with E-state index >= 15 is 0 Å². The molecule has 3 rings (SSSR count). The fraction of sp³-hybridized carbons (Fsp3) is 0.385. The SMILES string of the molecule is NC(=O)C1CCN(c2nc3ccc(N)cc3s2)CC1. The van der Waals surface area contributed by atoms with Crippen LogP contribution in [0, 0.1) is 5.92 Å². The van der Waals surface area contributed by atoms with Gasteiger partial charge in [-0.05, 0) is 31.0 Å². The van der Waals surface area contributed by atoms with Gasteiger partial charge in [0, 0.05) is 24.7 Å². The monoisotopic (exact) mass is 276 g/mol. The Hall–Kier alpha value is -1.82. The number of hydrogen-bond donors (Lipinski definition) is 2. The van der Waals surface area contributed by atoms with E-state index in [-0.39, 0.29) is 11.8 Å². The fourth-order valence-electron chi connectivity index (χ4n) is 2.42. The number of benzene rings is 1. The second-order valence-corrected chi connectivity index (χ2v) is 5.90. The van der Waals surface area contributed by atoms with Gasteiger partial charge in [-0.15, -0.1) is 0 Å². The molecule has 0 aliphatic carbocycles. The Morgan fingerprint density at radius 3 is 2.79 bits per heavy atom. The van der Waals surface area contributed by atoms with Gasteiger partial charge in [-0.1, -0.05) is 11.3 Å². The largest absolute Gasteiger partial charge is 0.399 e. The highest BCUT2D eigenvalue weighted by atomic mass is 32.1. The average molecular weight is 276 g/mol. The number of nitrogens with zero attached hydrogens (tertiary/aromatic N) is 2. The molecule has 2 aromatic rings. The number of rotatable bonds is 2. The summed E-state index contributed by atoms with van der Waals surface area (Å²) in [5, 5.41) is 1.00. The van der Waals surface area contributed by atoms with E-state index in [2.05, 4.69) is 9.88 Å². The second kappa shape index (κ2) is 4.70. The molecule has 0 unspecified atom stereocenters. The van der Waals surface area contributed by atoms with Crippen LogP contribution in [0.4, 0.5) is 10.8 Å². The summed E-state index contributed by atoms with van der Waals surface area (Å²) >= 11 is 1.65. The smallest absolute Gasteiger partial charge is 0.220 e. The van der Waals surface area contributed by atoms with Crippen LogP contribution in [-0.2, 0) is 4.79 Å². The maximum Gasteiger partial charge on any atom is 0.220 e. The van der Waals surface area contributed by atoms with Crippen molar-refractivity contribution >= 4 is 38.3 Å². The lowest BCUT2D eigenvalue weighted by Crippen LogP contribution is -2.38. The molecule has 4 N–H and O–H groups in total. The minimum atomic E-state index is -0.184. The van der Waals surface area contributed by atoms with Gasteiger partial charge in [0.2, 0.25) is 5.91 Å². The first-order valence-electron chi connectivity index (χ1n) is 6.34. The number of hydrogen-bond acceptors (Lipinski definition) is 5. The van der Waals surface area contributed by atoms with Crippen LogP contribution in [-0.4, -0.2) is 24.0 Å².